The minimum absolute atomic E-state index is 0. The van der Waals surface area contributed by atoms with Crippen LogP contribution in [-0.2, 0) is 17.5 Å². The predicted octanol–water partition coefficient (Wildman–Crippen LogP) is 4.46. The molecule has 0 unspecified atom stereocenters. The van der Waals surface area contributed by atoms with Crippen molar-refractivity contribution in [2.45, 2.75) is 58.7 Å². The number of benzene rings is 1. The number of unbranched alkanes of at least 4 members (excludes halogenated alkanes) is 3. The van der Waals surface area contributed by atoms with Gasteiger partial charge in [-0.25, -0.2) is 4.68 Å². The lowest BCUT2D eigenvalue weighted by molar-refractivity contribution is -0.138. The summed E-state index contributed by atoms with van der Waals surface area (Å²) in [4.78, 5) is 11.9. The molecule has 0 saturated carbocycles. The van der Waals surface area contributed by atoms with E-state index in [4.69, 9.17) is 5.73 Å². The van der Waals surface area contributed by atoms with E-state index in [-0.39, 0.29) is 30.4 Å². The number of carbonyl (C=O) groups is 1. The number of alkyl halides is 3. The zero-order valence-electron chi connectivity index (χ0n) is 16.7. The SMILES string of the molecule is Cc1cc(C)n(-c2ccc(CNC(=O)CCCCCCN)c(C(F)(F)F)c2)n1.Cl. The maximum atomic E-state index is 13.5. The summed E-state index contributed by atoms with van der Waals surface area (Å²) in [6.45, 7) is 4.04. The highest BCUT2D eigenvalue weighted by Gasteiger charge is 2.34. The lowest BCUT2D eigenvalue weighted by atomic mass is 10.1. The van der Waals surface area contributed by atoms with E-state index in [9.17, 15) is 18.0 Å². The predicted molar refractivity (Wildman–Crippen MR) is 109 cm³/mol. The summed E-state index contributed by atoms with van der Waals surface area (Å²) in [5.74, 6) is -0.247. The molecule has 5 nitrogen and oxygen atoms in total. The molecule has 9 heteroatoms. The maximum absolute atomic E-state index is 13.5. The van der Waals surface area contributed by atoms with Gasteiger partial charge in [-0.1, -0.05) is 18.9 Å². The molecule has 1 heterocycles. The largest absolute Gasteiger partial charge is 0.416 e. The Kier molecular flexibility index (Phi) is 9.65. The van der Waals surface area contributed by atoms with E-state index in [1.165, 1.54) is 10.7 Å². The number of nitrogens with two attached hydrogens (primary N) is 1. The lowest BCUT2D eigenvalue weighted by Crippen LogP contribution is -2.24. The Morgan fingerprint density at radius 1 is 1.14 bits per heavy atom. The van der Waals surface area contributed by atoms with Crippen molar-refractivity contribution in [2.24, 2.45) is 5.73 Å². The highest BCUT2D eigenvalue weighted by Crippen LogP contribution is 2.33. The van der Waals surface area contributed by atoms with Crippen LogP contribution in [0.15, 0.2) is 24.3 Å². The molecule has 162 valence electrons. The van der Waals surface area contributed by atoms with Crippen LogP contribution >= 0.6 is 12.4 Å². The number of hydrogen-bond acceptors (Lipinski definition) is 3. The Morgan fingerprint density at radius 2 is 1.83 bits per heavy atom. The first kappa shape index (κ1) is 25.0. The van der Waals surface area contributed by atoms with Gasteiger partial charge in [-0.2, -0.15) is 18.3 Å². The fourth-order valence-electron chi connectivity index (χ4n) is 3.07. The molecule has 0 saturated heterocycles. The fourth-order valence-corrected chi connectivity index (χ4v) is 3.07. The van der Waals surface area contributed by atoms with Crippen molar-refractivity contribution in [1.29, 1.82) is 0 Å². The average molecular weight is 433 g/mol. The molecular formula is C20H28ClF3N4O. The van der Waals surface area contributed by atoms with Crippen LogP contribution in [0, 0.1) is 13.8 Å². The summed E-state index contributed by atoms with van der Waals surface area (Å²) in [6.07, 6.45) is -0.761. The van der Waals surface area contributed by atoms with Gasteiger partial charge in [0, 0.05) is 18.7 Å². The van der Waals surface area contributed by atoms with Crippen LogP contribution in [0.4, 0.5) is 13.2 Å². The van der Waals surface area contributed by atoms with Gasteiger partial charge in [-0.05, 0) is 57.0 Å². The Bertz CT molecular complexity index is 806. The third-order valence-corrected chi connectivity index (χ3v) is 4.49. The second kappa shape index (κ2) is 11.2. The second-order valence-corrected chi connectivity index (χ2v) is 6.91. The number of carbonyl (C=O) groups excluding carboxylic acids is 1. The molecule has 0 radical (unpaired) electrons. The molecule has 0 aliphatic carbocycles. The van der Waals surface area contributed by atoms with Gasteiger partial charge in [-0.3, -0.25) is 4.79 Å². The molecule has 1 amide bonds. The van der Waals surface area contributed by atoms with Gasteiger partial charge in [-0.15, -0.1) is 12.4 Å². The summed E-state index contributed by atoms with van der Waals surface area (Å²) >= 11 is 0. The summed E-state index contributed by atoms with van der Waals surface area (Å²) in [5.41, 5.74) is 6.51. The number of nitrogens with one attached hydrogen (secondary N) is 1. The summed E-state index contributed by atoms with van der Waals surface area (Å²) in [7, 11) is 0. The van der Waals surface area contributed by atoms with Crippen molar-refractivity contribution in [3.8, 4) is 5.69 Å². The van der Waals surface area contributed by atoms with E-state index < -0.39 is 11.7 Å². The molecule has 2 aromatic rings. The van der Waals surface area contributed by atoms with E-state index >= 15 is 0 Å². The molecule has 1 aromatic heterocycles. The van der Waals surface area contributed by atoms with Gasteiger partial charge >= 0.3 is 6.18 Å². The van der Waals surface area contributed by atoms with Gasteiger partial charge < -0.3 is 11.1 Å². The molecule has 0 spiro atoms. The van der Waals surface area contributed by atoms with Crippen molar-refractivity contribution in [3.05, 3.63) is 46.8 Å². The molecular weight excluding hydrogens is 405 g/mol. The summed E-state index contributed by atoms with van der Waals surface area (Å²) < 4.78 is 42.1. The van der Waals surface area contributed by atoms with Crippen molar-refractivity contribution in [3.63, 3.8) is 0 Å². The van der Waals surface area contributed by atoms with E-state index in [1.54, 1.807) is 26.0 Å². The second-order valence-electron chi connectivity index (χ2n) is 6.91. The molecule has 2 rings (SSSR count). The van der Waals surface area contributed by atoms with Crippen LogP contribution < -0.4 is 11.1 Å². The molecule has 0 aliphatic heterocycles. The van der Waals surface area contributed by atoms with Crippen LogP contribution in [0.3, 0.4) is 0 Å². The van der Waals surface area contributed by atoms with Crippen molar-refractivity contribution in [1.82, 2.24) is 15.1 Å². The standard InChI is InChI=1S/C20H27F3N4O.ClH/c1-14-11-15(2)27(26-14)17-9-8-16(18(12-17)20(21,22)23)13-25-19(28)7-5-3-4-6-10-24;/h8-9,11-12H,3-7,10,13,24H2,1-2H3,(H,25,28);1H. The number of halogens is 4. The van der Waals surface area contributed by atoms with Gasteiger partial charge in [0.25, 0.3) is 0 Å². The van der Waals surface area contributed by atoms with Crippen LogP contribution in [-0.4, -0.2) is 22.2 Å². The van der Waals surface area contributed by atoms with Gasteiger partial charge in [0.05, 0.1) is 16.9 Å². The zero-order valence-corrected chi connectivity index (χ0v) is 17.5. The number of amides is 1. The quantitative estimate of drug-likeness (QED) is 0.575. The smallest absolute Gasteiger partial charge is 0.352 e. The summed E-state index contributed by atoms with van der Waals surface area (Å²) in [6, 6.07) is 5.86. The van der Waals surface area contributed by atoms with E-state index in [2.05, 4.69) is 10.4 Å². The first-order chi connectivity index (χ1) is 13.2. The molecule has 0 bridgehead atoms. The third kappa shape index (κ3) is 7.36. The Morgan fingerprint density at radius 3 is 2.41 bits per heavy atom. The third-order valence-electron chi connectivity index (χ3n) is 4.49. The first-order valence-electron chi connectivity index (χ1n) is 9.43. The monoisotopic (exact) mass is 432 g/mol. The van der Waals surface area contributed by atoms with E-state index in [0.29, 0.717) is 25.1 Å². The maximum Gasteiger partial charge on any atom is 0.416 e. The van der Waals surface area contributed by atoms with E-state index in [0.717, 1.165) is 36.7 Å². The molecule has 1 aromatic carbocycles. The Hall–Kier alpha value is -2.06. The van der Waals surface area contributed by atoms with Crippen LogP contribution in [0.5, 0.6) is 0 Å². The first-order valence-corrected chi connectivity index (χ1v) is 9.43. The fraction of sp³-hybridized carbons (Fsp3) is 0.500. The zero-order chi connectivity index (χ0) is 20.7. The number of aromatic nitrogens is 2. The van der Waals surface area contributed by atoms with Crippen LogP contribution in [0.1, 0.15) is 54.6 Å². The Labute approximate surface area is 175 Å². The van der Waals surface area contributed by atoms with Crippen molar-refractivity contribution < 1.29 is 18.0 Å². The normalized spacial score (nSPS) is 11.2. The lowest BCUT2D eigenvalue weighted by Gasteiger charge is -2.16. The van der Waals surface area contributed by atoms with Gasteiger partial charge in [0.1, 0.15) is 0 Å². The number of aryl methyl sites for hydroxylation is 2. The van der Waals surface area contributed by atoms with Gasteiger partial charge in [0.2, 0.25) is 5.91 Å². The minimum atomic E-state index is -4.52. The number of rotatable bonds is 9. The molecule has 29 heavy (non-hydrogen) atoms. The average Bonchev–Trinajstić information content (AvgIpc) is 2.97. The Balaban J connectivity index is 0.00000420. The summed E-state index contributed by atoms with van der Waals surface area (Å²) in [5, 5.41) is 6.83. The van der Waals surface area contributed by atoms with Gasteiger partial charge in [0.15, 0.2) is 0 Å². The topological polar surface area (TPSA) is 72.9 Å². The minimum Gasteiger partial charge on any atom is -0.352 e. The highest BCUT2D eigenvalue weighted by molar-refractivity contribution is 5.85. The molecule has 0 aliphatic rings. The molecule has 3 N–H and O–H groups in total. The highest BCUT2D eigenvalue weighted by atomic mass is 35.5. The van der Waals surface area contributed by atoms with Crippen molar-refractivity contribution in [2.75, 3.05) is 6.54 Å². The van der Waals surface area contributed by atoms with E-state index in [1.807, 2.05) is 0 Å². The number of nitrogens with zero attached hydrogens (tertiary/aromatic N) is 2. The molecule has 0 atom stereocenters. The van der Waals surface area contributed by atoms with Crippen molar-refractivity contribution >= 4 is 18.3 Å². The number of hydrogen-bond donors (Lipinski definition) is 2. The molecule has 0 fully saturated rings. The van der Waals surface area contributed by atoms with Crippen LogP contribution in [0.2, 0.25) is 0 Å². The van der Waals surface area contributed by atoms with Crippen LogP contribution in [0.25, 0.3) is 5.69 Å².